The first-order valence-electron chi connectivity index (χ1n) is 6.76. The van der Waals surface area contributed by atoms with Crippen molar-refractivity contribution in [2.45, 2.75) is 19.3 Å². The number of aliphatic carboxylic acids is 1. The Bertz CT molecular complexity index is 659. The fraction of sp³-hybridized carbons (Fsp3) is 0.167. The Balaban J connectivity index is -0.000000749. The topological polar surface area (TPSA) is 144 Å². The Morgan fingerprint density at radius 2 is 1.63 bits per heavy atom. The first kappa shape index (κ1) is 29.3. The molecule has 0 unspecified atom stereocenters. The average molecular weight is 455 g/mol. The third kappa shape index (κ3) is 11.7. The summed E-state index contributed by atoms with van der Waals surface area (Å²) in [7, 11) is 0. The molecule has 1 N–H and O–H groups in total. The number of aryl methyl sites for hydroxylation is 1. The number of ketones is 2. The summed E-state index contributed by atoms with van der Waals surface area (Å²) in [6.45, 7) is 13.5. The van der Waals surface area contributed by atoms with Gasteiger partial charge < -0.3 is 9.52 Å². The van der Waals surface area contributed by atoms with Crippen molar-refractivity contribution in [1.29, 1.82) is 0 Å². The SMILES string of the molecule is O=C(O)CCc1ccc(C(=O)CC(=O)[C]2[CH]C=C[CH-]2)o1.[C-]#[O+].[C-]#[O+].[C-]#[O+].[Tc]. The Morgan fingerprint density at radius 3 is 2.11 bits per heavy atom. The Morgan fingerprint density at radius 1 is 1.04 bits per heavy atom. The molecule has 0 aromatic carbocycles. The zero-order valence-electron chi connectivity index (χ0n) is 13.8. The summed E-state index contributed by atoms with van der Waals surface area (Å²) in [6.07, 6.45) is 6.66. The van der Waals surface area contributed by atoms with Gasteiger partial charge in [-0.25, -0.2) is 18.6 Å². The maximum atomic E-state index is 11.9. The van der Waals surface area contributed by atoms with Gasteiger partial charge in [0, 0.05) is 26.5 Å². The van der Waals surface area contributed by atoms with Crippen LogP contribution in [0, 0.1) is 38.7 Å². The Kier molecular flexibility index (Phi) is 20.0. The van der Waals surface area contributed by atoms with Gasteiger partial charge in [0.1, 0.15) is 11.5 Å². The van der Waals surface area contributed by atoms with Gasteiger partial charge in [0.2, 0.25) is 5.78 Å². The van der Waals surface area contributed by atoms with Gasteiger partial charge in [-0.3, -0.25) is 14.4 Å². The number of carboxylic acids is 1. The van der Waals surface area contributed by atoms with Crippen molar-refractivity contribution in [3.8, 4) is 0 Å². The zero-order valence-corrected chi connectivity index (χ0v) is 15.6. The molecule has 0 fully saturated rings. The summed E-state index contributed by atoms with van der Waals surface area (Å²) in [5.41, 5.74) is 0. The summed E-state index contributed by atoms with van der Waals surface area (Å²) in [5.74, 6) is -0.584. The standard InChI is InChI=1S/C15H13O5.3CO.Tc/c16-12(10-3-1-2-4-10)9-13(17)14-7-5-11(20-14)6-8-15(18)19;3*1-2;/h1-5,7H,6,8-9H2,(H,18,19);;;;/q-1;;;;. The smallest absolute Gasteiger partial charge is 0 e. The van der Waals surface area contributed by atoms with Crippen LogP contribution in [0.1, 0.15) is 29.2 Å². The number of carboxylic acid groups (broad SMARTS) is 1. The molecular weight excluding hydrogens is 442 g/mol. The molecule has 1 aromatic heterocycles. The van der Waals surface area contributed by atoms with Gasteiger partial charge in [0.25, 0.3) is 0 Å². The molecule has 1 heterocycles. The zero-order chi connectivity index (χ0) is 20.5. The molecule has 8 nitrogen and oxygen atoms in total. The summed E-state index contributed by atoms with van der Waals surface area (Å²) in [5, 5.41) is 8.56. The third-order valence-corrected chi connectivity index (χ3v) is 2.83. The van der Waals surface area contributed by atoms with E-state index in [1.54, 1.807) is 31.1 Å². The molecule has 0 bridgehead atoms. The predicted molar refractivity (Wildman–Crippen MR) is 81.4 cm³/mol. The summed E-state index contributed by atoms with van der Waals surface area (Å²) in [6, 6.07) is 3.03. The van der Waals surface area contributed by atoms with Gasteiger partial charge in [-0.1, -0.05) is 6.42 Å². The largest absolute Gasteiger partial charge is 0 e. The van der Waals surface area contributed by atoms with E-state index in [0.717, 1.165) is 0 Å². The Hall–Kier alpha value is -2.43. The van der Waals surface area contributed by atoms with Crippen molar-refractivity contribution >= 4 is 17.5 Å². The molecule has 141 valence electrons. The number of hydrogen-bond acceptors (Lipinski definition) is 4. The molecule has 3 radical (unpaired) electrons. The van der Waals surface area contributed by atoms with Crippen LogP contribution in [0.15, 0.2) is 28.7 Å². The van der Waals surface area contributed by atoms with E-state index in [9.17, 15) is 14.4 Å². The number of allylic oxidation sites excluding steroid dienone is 2. The number of carbonyl (C=O) groups excluding carboxylic acids is 2. The quantitative estimate of drug-likeness (QED) is 0.289. The molecule has 1 aromatic rings. The van der Waals surface area contributed by atoms with Crippen molar-refractivity contribution in [3.63, 3.8) is 0 Å². The van der Waals surface area contributed by atoms with Gasteiger partial charge in [0.15, 0.2) is 5.76 Å². The molecule has 0 saturated carbocycles. The summed E-state index contributed by atoms with van der Waals surface area (Å²) in [4.78, 5) is 34.1. The molecular formula is C18H13O8Tc-. The van der Waals surface area contributed by atoms with E-state index in [2.05, 4.69) is 20.0 Å². The van der Waals surface area contributed by atoms with Gasteiger partial charge in [-0.2, -0.15) is 0 Å². The van der Waals surface area contributed by atoms with Crippen molar-refractivity contribution < 1.29 is 58.0 Å². The number of carbonyl (C=O) groups is 3. The van der Waals surface area contributed by atoms with E-state index >= 15 is 0 Å². The fourth-order valence-corrected chi connectivity index (χ4v) is 1.79. The van der Waals surface area contributed by atoms with Gasteiger partial charge in [0.05, 0.1) is 12.8 Å². The van der Waals surface area contributed by atoms with Crippen LogP contribution in [0.4, 0.5) is 0 Å². The third-order valence-electron chi connectivity index (χ3n) is 2.83. The van der Waals surface area contributed by atoms with E-state index in [-0.39, 0.29) is 50.9 Å². The maximum Gasteiger partial charge on any atom is 0 e. The van der Waals surface area contributed by atoms with E-state index in [0.29, 0.717) is 11.7 Å². The van der Waals surface area contributed by atoms with Crippen LogP contribution in [-0.2, 0) is 50.1 Å². The van der Waals surface area contributed by atoms with Crippen LogP contribution in [0.25, 0.3) is 0 Å². The normalized spacial score (nSPS) is 10.7. The monoisotopic (exact) mass is 454 g/mol. The van der Waals surface area contributed by atoms with Crippen LogP contribution in [-0.4, -0.2) is 22.6 Å². The molecule has 1 aliphatic carbocycles. The second-order valence-corrected chi connectivity index (χ2v) is 4.36. The van der Waals surface area contributed by atoms with Crippen LogP contribution in [0.3, 0.4) is 0 Å². The molecule has 0 spiro atoms. The maximum absolute atomic E-state index is 11.9. The molecule has 27 heavy (non-hydrogen) atoms. The molecule has 1 aliphatic rings. The van der Waals surface area contributed by atoms with Crippen molar-refractivity contribution in [1.82, 2.24) is 0 Å². The number of furan rings is 1. The van der Waals surface area contributed by atoms with Crippen LogP contribution in [0.5, 0.6) is 0 Å². The van der Waals surface area contributed by atoms with E-state index in [4.69, 9.17) is 23.5 Å². The fourth-order valence-electron chi connectivity index (χ4n) is 1.79. The van der Waals surface area contributed by atoms with Crippen LogP contribution >= 0.6 is 0 Å². The summed E-state index contributed by atoms with van der Waals surface area (Å²) >= 11 is 0. The van der Waals surface area contributed by atoms with Crippen molar-refractivity contribution in [2.75, 3.05) is 0 Å². The van der Waals surface area contributed by atoms with E-state index < -0.39 is 11.8 Å². The number of rotatable bonds is 7. The summed E-state index contributed by atoms with van der Waals surface area (Å²) < 4.78 is 27.7. The minimum absolute atomic E-state index is 0. The first-order chi connectivity index (χ1) is 12.6. The van der Waals surface area contributed by atoms with Gasteiger partial charge >= 0.3 is 39.9 Å². The average Bonchev–Trinajstić information content (AvgIpc) is 3.37. The van der Waals surface area contributed by atoms with Crippen molar-refractivity contribution in [2.24, 2.45) is 0 Å². The van der Waals surface area contributed by atoms with Crippen LogP contribution < -0.4 is 0 Å². The second kappa shape index (κ2) is 18.4. The van der Waals surface area contributed by atoms with Crippen molar-refractivity contribution in [3.05, 3.63) is 74.5 Å². The minimum Gasteiger partial charge on any atom is 0 e. The number of hydrogen-bond donors (Lipinski definition) is 1. The number of Topliss-reactive ketones (excluding diaryl/α,β-unsaturated/α-hetero) is 2. The molecule has 2 rings (SSSR count). The molecule has 0 aliphatic heterocycles. The second-order valence-electron chi connectivity index (χ2n) is 4.36. The van der Waals surface area contributed by atoms with Gasteiger partial charge in [-0.15, -0.1) is 0 Å². The van der Waals surface area contributed by atoms with E-state index in [1.807, 2.05) is 0 Å². The molecule has 9 heteroatoms. The molecule has 0 atom stereocenters. The van der Waals surface area contributed by atoms with Gasteiger partial charge in [-0.05, 0) is 18.1 Å². The van der Waals surface area contributed by atoms with E-state index in [1.165, 1.54) is 6.07 Å². The Labute approximate surface area is 169 Å². The minimum atomic E-state index is -0.930. The first-order valence-corrected chi connectivity index (χ1v) is 6.76. The van der Waals surface area contributed by atoms with Crippen LogP contribution in [0.2, 0.25) is 0 Å². The molecule has 0 saturated heterocycles. The predicted octanol–water partition coefficient (Wildman–Crippen LogP) is 1.88. The molecule has 0 amide bonds.